The highest BCUT2D eigenvalue weighted by molar-refractivity contribution is 5.88. The van der Waals surface area contributed by atoms with E-state index in [4.69, 9.17) is 9.47 Å². The van der Waals surface area contributed by atoms with Gasteiger partial charge >= 0.3 is 0 Å². The molecule has 0 spiro atoms. The molecule has 0 radical (unpaired) electrons. The molecule has 0 bridgehead atoms. The molecule has 1 aliphatic rings. The number of carbonyl (C=O) groups is 2. The third-order valence-corrected chi connectivity index (χ3v) is 6.93. The lowest BCUT2D eigenvalue weighted by molar-refractivity contribution is -0.143. The van der Waals surface area contributed by atoms with Crippen LogP contribution in [-0.4, -0.2) is 42.5 Å². The Morgan fingerprint density at radius 3 is 2.14 bits per heavy atom. The van der Waals surface area contributed by atoms with Crippen LogP contribution in [0.25, 0.3) is 0 Å². The molecule has 2 aromatic carbocycles. The Kier molecular flexibility index (Phi) is 9.80. The molecule has 0 heterocycles. The van der Waals surface area contributed by atoms with Crippen molar-refractivity contribution in [2.24, 2.45) is 0 Å². The molecule has 36 heavy (non-hydrogen) atoms. The van der Waals surface area contributed by atoms with Crippen LogP contribution in [0.5, 0.6) is 11.5 Å². The van der Waals surface area contributed by atoms with E-state index < -0.39 is 6.04 Å². The maximum atomic E-state index is 13.5. The van der Waals surface area contributed by atoms with Crippen molar-refractivity contribution in [2.45, 2.75) is 90.3 Å². The van der Waals surface area contributed by atoms with Crippen molar-refractivity contribution in [3.8, 4) is 11.5 Å². The molecular formula is C30H42N2O4. The topological polar surface area (TPSA) is 67.9 Å². The summed E-state index contributed by atoms with van der Waals surface area (Å²) < 4.78 is 11.1. The number of nitrogens with one attached hydrogen (secondary N) is 1. The van der Waals surface area contributed by atoms with E-state index in [1.54, 1.807) is 12.0 Å². The van der Waals surface area contributed by atoms with Crippen molar-refractivity contribution < 1.29 is 19.1 Å². The Morgan fingerprint density at radius 1 is 0.972 bits per heavy atom. The van der Waals surface area contributed by atoms with Gasteiger partial charge in [0.25, 0.3) is 5.91 Å². The monoisotopic (exact) mass is 494 g/mol. The molecule has 0 aromatic heterocycles. The molecule has 3 rings (SSSR count). The molecule has 1 atom stereocenters. The molecule has 0 aliphatic heterocycles. The maximum absolute atomic E-state index is 13.5. The summed E-state index contributed by atoms with van der Waals surface area (Å²) in [5, 5.41) is 3.21. The molecule has 0 unspecified atom stereocenters. The van der Waals surface area contributed by atoms with E-state index in [0.29, 0.717) is 18.7 Å². The minimum Gasteiger partial charge on any atom is -0.497 e. The van der Waals surface area contributed by atoms with Gasteiger partial charge < -0.3 is 19.7 Å². The maximum Gasteiger partial charge on any atom is 0.261 e. The van der Waals surface area contributed by atoms with Crippen LogP contribution in [0.4, 0.5) is 0 Å². The molecule has 1 saturated carbocycles. The van der Waals surface area contributed by atoms with Gasteiger partial charge in [0.05, 0.1) is 7.11 Å². The summed E-state index contributed by atoms with van der Waals surface area (Å²) in [6, 6.07) is 15.1. The molecule has 196 valence electrons. The van der Waals surface area contributed by atoms with Crippen LogP contribution in [-0.2, 0) is 21.5 Å². The second-order valence-corrected chi connectivity index (χ2v) is 10.7. The SMILES string of the molecule is CC[C@@H](C(=O)NC1CCCCC1)N(Cc1ccc(OC)cc1)C(=O)COc1ccc(C(C)(C)C)cc1. The summed E-state index contributed by atoms with van der Waals surface area (Å²) in [4.78, 5) is 28.4. The standard InChI is InChI=1S/C30H42N2O4/c1-6-27(29(34)31-24-10-8-7-9-11-24)32(20-22-12-16-25(35-5)17-13-22)28(33)21-36-26-18-14-23(15-19-26)30(2,3)4/h12-19,24,27H,6-11,20-21H2,1-5H3,(H,31,34)/t27-/m0/s1. The van der Waals surface area contributed by atoms with Gasteiger partial charge in [-0.25, -0.2) is 0 Å². The van der Waals surface area contributed by atoms with Crippen molar-refractivity contribution in [1.29, 1.82) is 0 Å². The van der Waals surface area contributed by atoms with Crippen molar-refractivity contribution in [3.63, 3.8) is 0 Å². The third kappa shape index (κ3) is 7.74. The first-order valence-corrected chi connectivity index (χ1v) is 13.2. The largest absolute Gasteiger partial charge is 0.497 e. The average molecular weight is 495 g/mol. The third-order valence-electron chi connectivity index (χ3n) is 6.93. The first-order valence-electron chi connectivity index (χ1n) is 13.2. The van der Waals surface area contributed by atoms with Crippen LogP contribution in [0.15, 0.2) is 48.5 Å². The Labute approximate surface area is 216 Å². The number of amides is 2. The highest BCUT2D eigenvalue weighted by Gasteiger charge is 2.30. The van der Waals surface area contributed by atoms with Gasteiger partial charge in [-0.3, -0.25) is 9.59 Å². The fourth-order valence-electron chi connectivity index (χ4n) is 4.67. The van der Waals surface area contributed by atoms with E-state index in [-0.39, 0.29) is 29.9 Å². The van der Waals surface area contributed by atoms with Crippen LogP contribution in [0.3, 0.4) is 0 Å². The van der Waals surface area contributed by atoms with Crippen molar-refractivity contribution in [3.05, 3.63) is 59.7 Å². The minimum atomic E-state index is -0.562. The normalized spacial score (nSPS) is 15.1. The molecule has 2 aromatic rings. The Morgan fingerprint density at radius 2 is 1.58 bits per heavy atom. The number of ether oxygens (including phenoxy) is 2. The summed E-state index contributed by atoms with van der Waals surface area (Å²) in [6.07, 6.45) is 6.03. The van der Waals surface area contributed by atoms with Crippen LogP contribution in [0, 0.1) is 0 Å². The van der Waals surface area contributed by atoms with E-state index in [2.05, 4.69) is 26.1 Å². The number of hydrogen-bond donors (Lipinski definition) is 1. The molecule has 0 saturated heterocycles. The van der Waals surface area contributed by atoms with Gasteiger partial charge in [-0.05, 0) is 60.1 Å². The average Bonchev–Trinajstić information content (AvgIpc) is 2.88. The Bertz CT molecular complexity index is 974. The van der Waals surface area contributed by atoms with Crippen LogP contribution < -0.4 is 14.8 Å². The minimum absolute atomic E-state index is 0.0452. The molecule has 1 N–H and O–H groups in total. The Hall–Kier alpha value is -3.02. The van der Waals surface area contributed by atoms with Crippen LogP contribution >= 0.6 is 0 Å². The number of rotatable bonds is 10. The van der Waals surface area contributed by atoms with E-state index in [1.807, 2.05) is 55.5 Å². The van der Waals surface area contributed by atoms with Crippen molar-refractivity contribution >= 4 is 11.8 Å². The quantitative estimate of drug-likeness (QED) is 0.465. The van der Waals surface area contributed by atoms with E-state index in [1.165, 1.54) is 12.0 Å². The van der Waals surface area contributed by atoms with Gasteiger partial charge in [0.15, 0.2) is 6.61 Å². The van der Waals surface area contributed by atoms with E-state index in [0.717, 1.165) is 37.0 Å². The summed E-state index contributed by atoms with van der Waals surface area (Å²) in [5.41, 5.74) is 2.18. The Balaban J connectivity index is 1.74. The summed E-state index contributed by atoms with van der Waals surface area (Å²) in [7, 11) is 1.62. The van der Waals surface area contributed by atoms with Gasteiger partial charge in [0.1, 0.15) is 17.5 Å². The van der Waals surface area contributed by atoms with Gasteiger partial charge in [0.2, 0.25) is 5.91 Å². The number of carbonyl (C=O) groups excluding carboxylic acids is 2. The van der Waals surface area contributed by atoms with Crippen LogP contribution in [0.2, 0.25) is 0 Å². The number of nitrogens with zero attached hydrogens (tertiary/aromatic N) is 1. The number of benzene rings is 2. The number of hydrogen-bond acceptors (Lipinski definition) is 4. The summed E-state index contributed by atoms with van der Waals surface area (Å²) >= 11 is 0. The lowest BCUT2D eigenvalue weighted by Gasteiger charge is -2.32. The van der Waals surface area contributed by atoms with Crippen molar-refractivity contribution in [2.75, 3.05) is 13.7 Å². The zero-order valence-electron chi connectivity index (χ0n) is 22.5. The number of methoxy groups -OCH3 is 1. The second kappa shape index (κ2) is 12.8. The highest BCUT2D eigenvalue weighted by atomic mass is 16.5. The lowest BCUT2D eigenvalue weighted by atomic mass is 9.87. The van der Waals surface area contributed by atoms with Gasteiger partial charge in [-0.15, -0.1) is 0 Å². The van der Waals surface area contributed by atoms with Crippen molar-refractivity contribution in [1.82, 2.24) is 10.2 Å². The fourth-order valence-corrected chi connectivity index (χ4v) is 4.67. The molecule has 2 amide bonds. The molecule has 1 fully saturated rings. The summed E-state index contributed by atoms with van der Waals surface area (Å²) in [6.45, 7) is 8.63. The molecule has 6 heteroatoms. The van der Waals surface area contributed by atoms with Gasteiger partial charge in [-0.1, -0.05) is 71.2 Å². The first kappa shape index (κ1) is 27.6. The fraction of sp³-hybridized carbons (Fsp3) is 0.533. The smallest absolute Gasteiger partial charge is 0.261 e. The predicted octanol–water partition coefficient (Wildman–Crippen LogP) is 5.63. The lowest BCUT2D eigenvalue weighted by Crippen LogP contribution is -2.52. The van der Waals surface area contributed by atoms with E-state index in [9.17, 15) is 9.59 Å². The second-order valence-electron chi connectivity index (χ2n) is 10.7. The van der Waals surface area contributed by atoms with Crippen LogP contribution in [0.1, 0.15) is 77.3 Å². The van der Waals surface area contributed by atoms with Gasteiger partial charge in [0, 0.05) is 12.6 Å². The molecule has 1 aliphatic carbocycles. The zero-order valence-corrected chi connectivity index (χ0v) is 22.5. The predicted molar refractivity (Wildman–Crippen MR) is 143 cm³/mol. The summed E-state index contributed by atoms with van der Waals surface area (Å²) in [5.74, 6) is 1.10. The van der Waals surface area contributed by atoms with E-state index >= 15 is 0 Å². The zero-order chi connectivity index (χ0) is 26.1. The molecular weight excluding hydrogens is 452 g/mol. The molecule has 6 nitrogen and oxygen atoms in total. The van der Waals surface area contributed by atoms with Gasteiger partial charge in [-0.2, -0.15) is 0 Å². The highest BCUT2D eigenvalue weighted by Crippen LogP contribution is 2.25. The first-order chi connectivity index (χ1) is 17.2.